The van der Waals surface area contributed by atoms with Gasteiger partial charge in [0, 0.05) is 19.7 Å². The van der Waals surface area contributed by atoms with Crippen LogP contribution in [0, 0.1) is 0 Å². The molecule has 0 saturated carbocycles. The number of hydrogen-bond donors (Lipinski definition) is 1. The van der Waals surface area contributed by atoms with Crippen molar-refractivity contribution in [3.63, 3.8) is 0 Å². The average molecular weight is 261 g/mol. The number of nitrogens with zero attached hydrogens (tertiary/aromatic N) is 2. The zero-order valence-electron chi connectivity index (χ0n) is 10.4. The summed E-state index contributed by atoms with van der Waals surface area (Å²) >= 11 is 0. The molecule has 0 aromatic carbocycles. The highest BCUT2D eigenvalue weighted by Crippen LogP contribution is 2.16. The Morgan fingerprint density at radius 2 is 2.24 bits per heavy atom. The van der Waals surface area contributed by atoms with Crippen molar-refractivity contribution in [2.45, 2.75) is 37.8 Å². The fourth-order valence-corrected chi connectivity index (χ4v) is 2.15. The van der Waals surface area contributed by atoms with Crippen LogP contribution in [0.1, 0.15) is 32.1 Å². The summed E-state index contributed by atoms with van der Waals surface area (Å²) in [5.74, 6) is 0.723. The lowest BCUT2D eigenvalue weighted by Gasteiger charge is -2.14. The van der Waals surface area contributed by atoms with E-state index < -0.39 is 10.0 Å². The van der Waals surface area contributed by atoms with Gasteiger partial charge in [-0.2, -0.15) is 0 Å². The summed E-state index contributed by atoms with van der Waals surface area (Å²) in [4.78, 5) is 4.07. The van der Waals surface area contributed by atoms with Crippen LogP contribution in [0.3, 0.4) is 0 Å². The molecule has 1 heterocycles. The third-order valence-corrected chi connectivity index (χ3v) is 3.21. The van der Waals surface area contributed by atoms with Gasteiger partial charge in [-0.15, -0.1) is 0 Å². The molecule has 0 amide bonds. The molecule has 7 heteroatoms. The summed E-state index contributed by atoms with van der Waals surface area (Å²) < 4.78 is 29.4. The van der Waals surface area contributed by atoms with Crippen LogP contribution in [0.2, 0.25) is 0 Å². The van der Waals surface area contributed by atoms with E-state index in [1.165, 1.54) is 6.20 Å². The van der Waals surface area contributed by atoms with Gasteiger partial charge in [-0.05, 0) is 13.3 Å². The Balaban J connectivity index is 3.13. The van der Waals surface area contributed by atoms with E-state index in [0.717, 1.165) is 12.2 Å². The van der Waals surface area contributed by atoms with Gasteiger partial charge >= 0.3 is 0 Å². The lowest BCUT2D eigenvalue weighted by molar-refractivity contribution is 0.161. The number of hydrogen-bond acceptors (Lipinski definition) is 4. The quantitative estimate of drug-likeness (QED) is 0.816. The van der Waals surface area contributed by atoms with Crippen LogP contribution in [0.25, 0.3) is 0 Å². The van der Waals surface area contributed by atoms with Crippen molar-refractivity contribution in [1.29, 1.82) is 0 Å². The Hall–Kier alpha value is -0.920. The first-order valence-electron chi connectivity index (χ1n) is 5.49. The Morgan fingerprint density at radius 1 is 1.59 bits per heavy atom. The van der Waals surface area contributed by atoms with Crippen LogP contribution in [0.4, 0.5) is 0 Å². The zero-order valence-corrected chi connectivity index (χ0v) is 11.2. The molecular weight excluding hydrogens is 242 g/mol. The highest BCUT2D eigenvalue weighted by atomic mass is 32.2. The van der Waals surface area contributed by atoms with Crippen LogP contribution < -0.4 is 5.14 Å². The van der Waals surface area contributed by atoms with E-state index in [2.05, 4.69) is 4.98 Å². The zero-order chi connectivity index (χ0) is 13.1. The van der Waals surface area contributed by atoms with Gasteiger partial charge in [0.2, 0.25) is 0 Å². The summed E-state index contributed by atoms with van der Waals surface area (Å²) in [7, 11) is -2.14. The maximum atomic E-state index is 11.3. The van der Waals surface area contributed by atoms with E-state index in [0.29, 0.717) is 13.0 Å². The molecular formula is C10H19N3O3S. The Labute approximate surface area is 102 Å². The average Bonchev–Trinajstić information content (AvgIpc) is 2.62. The number of ether oxygens (including phenoxy) is 1. The van der Waals surface area contributed by atoms with Crippen molar-refractivity contribution in [1.82, 2.24) is 9.55 Å². The van der Waals surface area contributed by atoms with Crippen LogP contribution >= 0.6 is 0 Å². The van der Waals surface area contributed by atoms with Gasteiger partial charge in [-0.3, -0.25) is 0 Å². The molecule has 98 valence electrons. The van der Waals surface area contributed by atoms with Gasteiger partial charge in [0.1, 0.15) is 5.82 Å². The molecule has 2 N–H and O–H groups in total. The molecule has 6 nitrogen and oxygen atoms in total. The molecule has 0 saturated heterocycles. The van der Waals surface area contributed by atoms with Crippen LogP contribution in [0.15, 0.2) is 11.2 Å². The van der Waals surface area contributed by atoms with Crippen molar-refractivity contribution in [2.24, 2.45) is 5.14 Å². The Bertz CT molecular complexity index is 467. The smallest absolute Gasteiger partial charge is 0.257 e. The Morgan fingerprint density at radius 3 is 2.71 bits per heavy atom. The number of sulfonamides is 1. The van der Waals surface area contributed by atoms with Crippen molar-refractivity contribution in [3.05, 3.63) is 12.0 Å². The second-order valence-electron chi connectivity index (χ2n) is 4.00. The minimum Gasteiger partial charge on any atom is -0.383 e. The first-order chi connectivity index (χ1) is 7.90. The van der Waals surface area contributed by atoms with E-state index in [1.807, 2.05) is 18.4 Å². The number of rotatable bonds is 6. The molecule has 1 rings (SSSR count). The SMILES string of the molecule is CCCc1nc(S(N)(=O)=O)cn1C(C)COC. The summed E-state index contributed by atoms with van der Waals surface area (Å²) in [5, 5.41) is 4.99. The highest BCUT2D eigenvalue weighted by molar-refractivity contribution is 7.89. The molecule has 1 aromatic rings. The standard InChI is InChI=1S/C10H19N3O3S/c1-4-5-9-12-10(17(11,14)15)6-13(9)8(2)7-16-3/h6,8H,4-5,7H2,1-3H3,(H2,11,14,15). The number of nitrogens with two attached hydrogens (primary N) is 1. The van der Waals surface area contributed by atoms with Crippen molar-refractivity contribution in [2.75, 3.05) is 13.7 Å². The van der Waals surface area contributed by atoms with Crippen LogP contribution in [-0.2, 0) is 21.2 Å². The number of primary sulfonamides is 1. The van der Waals surface area contributed by atoms with Gasteiger partial charge in [0.25, 0.3) is 10.0 Å². The summed E-state index contributed by atoms with van der Waals surface area (Å²) in [6.45, 7) is 4.45. The van der Waals surface area contributed by atoms with E-state index in [-0.39, 0.29) is 11.1 Å². The molecule has 1 atom stereocenters. The molecule has 0 radical (unpaired) electrons. The molecule has 0 aliphatic rings. The Kier molecular flexibility index (Phi) is 4.67. The number of aromatic nitrogens is 2. The normalized spacial score (nSPS) is 13.9. The molecule has 1 unspecified atom stereocenters. The van der Waals surface area contributed by atoms with Crippen LogP contribution in [0.5, 0.6) is 0 Å². The summed E-state index contributed by atoms with van der Waals surface area (Å²) in [6, 6.07) is 0.0320. The molecule has 1 aromatic heterocycles. The summed E-state index contributed by atoms with van der Waals surface area (Å²) in [5.41, 5.74) is 0. The molecule has 0 spiro atoms. The fourth-order valence-electron chi connectivity index (χ4n) is 1.66. The minimum absolute atomic E-state index is 0.0320. The molecule has 0 aliphatic heterocycles. The second kappa shape index (κ2) is 5.61. The van der Waals surface area contributed by atoms with E-state index in [1.54, 1.807) is 7.11 Å². The third-order valence-electron chi connectivity index (χ3n) is 2.43. The van der Waals surface area contributed by atoms with Gasteiger partial charge in [-0.25, -0.2) is 18.5 Å². The van der Waals surface area contributed by atoms with E-state index >= 15 is 0 Å². The predicted octanol–water partition coefficient (Wildman–Crippen LogP) is 0.690. The largest absolute Gasteiger partial charge is 0.383 e. The van der Waals surface area contributed by atoms with Gasteiger partial charge in [0.05, 0.1) is 12.6 Å². The maximum Gasteiger partial charge on any atom is 0.257 e. The van der Waals surface area contributed by atoms with Crippen molar-refractivity contribution >= 4 is 10.0 Å². The number of imidazole rings is 1. The highest BCUT2D eigenvalue weighted by Gasteiger charge is 2.18. The lowest BCUT2D eigenvalue weighted by Crippen LogP contribution is -2.13. The molecule has 17 heavy (non-hydrogen) atoms. The molecule has 0 bridgehead atoms. The first kappa shape index (κ1) is 14.1. The molecule has 0 aliphatic carbocycles. The third kappa shape index (κ3) is 3.52. The van der Waals surface area contributed by atoms with E-state index in [9.17, 15) is 8.42 Å². The van der Waals surface area contributed by atoms with Gasteiger partial charge in [0.15, 0.2) is 5.03 Å². The lowest BCUT2D eigenvalue weighted by atomic mass is 10.3. The van der Waals surface area contributed by atoms with Gasteiger partial charge < -0.3 is 9.30 Å². The first-order valence-corrected chi connectivity index (χ1v) is 7.04. The fraction of sp³-hybridized carbons (Fsp3) is 0.700. The number of methoxy groups -OCH3 is 1. The topological polar surface area (TPSA) is 87.2 Å². The van der Waals surface area contributed by atoms with Crippen molar-refractivity contribution in [3.8, 4) is 0 Å². The monoisotopic (exact) mass is 261 g/mol. The summed E-state index contributed by atoms with van der Waals surface area (Å²) in [6.07, 6.45) is 3.08. The van der Waals surface area contributed by atoms with Crippen molar-refractivity contribution < 1.29 is 13.2 Å². The second-order valence-corrected chi connectivity index (χ2v) is 5.51. The van der Waals surface area contributed by atoms with Crippen LogP contribution in [-0.4, -0.2) is 31.7 Å². The predicted molar refractivity (Wildman–Crippen MR) is 64.2 cm³/mol. The number of aryl methyl sites for hydroxylation is 1. The van der Waals surface area contributed by atoms with Gasteiger partial charge in [-0.1, -0.05) is 6.92 Å². The minimum atomic E-state index is -3.74. The van der Waals surface area contributed by atoms with E-state index in [4.69, 9.17) is 9.88 Å². The maximum absolute atomic E-state index is 11.3. The molecule has 0 fully saturated rings.